The Balaban J connectivity index is 0.000000261. The van der Waals surface area contributed by atoms with Crippen molar-refractivity contribution in [3.8, 4) is 0 Å². The van der Waals surface area contributed by atoms with Crippen LogP contribution in [-0.4, -0.2) is 18.2 Å². The molecular weight excluding hydrogens is 173 g/mol. The summed E-state index contributed by atoms with van der Waals surface area (Å²) < 4.78 is 29.0. The Labute approximate surface area is 66.4 Å². The molecule has 66 valence electrons. The highest BCUT2D eigenvalue weighted by molar-refractivity contribution is 6.14. The van der Waals surface area contributed by atoms with E-state index in [-0.39, 0.29) is 11.6 Å². The Kier molecular flexibility index (Phi) is 4.67. The molecule has 1 aliphatic rings. The highest BCUT2D eigenvalue weighted by Crippen LogP contribution is 1.90. The van der Waals surface area contributed by atoms with Crippen LogP contribution in [-0.2, 0) is 9.59 Å². The molecule has 0 N–H and O–H groups in total. The number of ketones is 2. The van der Waals surface area contributed by atoms with Gasteiger partial charge >= 0.3 is 6.68 Å². The van der Waals surface area contributed by atoms with Crippen molar-refractivity contribution in [1.29, 1.82) is 0 Å². The van der Waals surface area contributed by atoms with Crippen LogP contribution in [0.1, 0.15) is 0 Å². The van der Waals surface area contributed by atoms with E-state index in [1.54, 1.807) is 0 Å². The summed E-state index contributed by atoms with van der Waals surface area (Å²) in [5.74, 6) is -0.241. The number of carbonyl (C=O) groups is 2. The van der Waals surface area contributed by atoms with Crippen molar-refractivity contribution in [3.05, 3.63) is 24.3 Å². The van der Waals surface area contributed by atoms with E-state index in [0.29, 0.717) is 0 Å². The minimum absolute atomic E-state index is 0.121. The van der Waals surface area contributed by atoms with Crippen LogP contribution in [0.5, 0.6) is 0 Å². The molecule has 0 bridgehead atoms. The number of hydrogen-bond donors (Lipinski definition) is 0. The second-order valence-electron chi connectivity index (χ2n) is 1.72. The predicted molar refractivity (Wildman–Crippen MR) is 35.4 cm³/mol. The molecule has 0 aromatic heterocycles. The van der Waals surface area contributed by atoms with Crippen LogP contribution in [0.3, 0.4) is 0 Å². The van der Waals surface area contributed by atoms with Crippen molar-refractivity contribution >= 4 is 11.6 Å². The van der Waals surface area contributed by atoms with E-state index in [1.807, 2.05) is 0 Å². The van der Waals surface area contributed by atoms with Crippen molar-refractivity contribution in [3.63, 3.8) is 0 Å². The van der Waals surface area contributed by atoms with Crippen molar-refractivity contribution < 1.29 is 22.8 Å². The molecule has 0 amide bonds. The summed E-state index contributed by atoms with van der Waals surface area (Å²) in [6, 6.07) is 0. The minimum atomic E-state index is -3.67. The number of carbonyl (C=O) groups excluding carboxylic acids is 2. The Morgan fingerprint density at radius 1 is 0.833 bits per heavy atom. The second-order valence-corrected chi connectivity index (χ2v) is 1.72. The molecule has 0 saturated carbocycles. The highest BCUT2D eigenvalue weighted by atomic mass is 19.4. The minimum Gasteiger partial charge on any atom is -0.290 e. The lowest BCUT2D eigenvalue weighted by Gasteiger charge is -1.87. The van der Waals surface area contributed by atoms with Gasteiger partial charge in [-0.05, 0) is 24.3 Å². The van der Waals surface area contributed by atoms with Gasteiger partial charge < -0.3 is 0 Å². The fourth-order valence-electron chi connectivity index (χ4n) is 0.440. The number of rotatable bonds is 0. The van der Waals surface area contributed by atoms with Gasteiger partial charge in [0.05, 0.1) is 0 Å². The third-order valence-electron chi connectivity index (χ3n) is 0.824. The maximum absolute atomic E-state index is 10.3. The fourth-order valence-corrected chi connectivity index (χ4v) is 0.440. The van der Waals surface area contributed by atoms with E-state index >= 15 is 0 Å². The molecule has 5 heteroatoms. The van der Waals surface area contributed by atoms with E-state index in [0.717, 1.165) is 0 Å². The van der Waals surface area contributed by atoms with Crippen LogP contribution in [0.25, 0.3) is 0 Å². The van der Waals surface area contributed by atoms with Crippen LogP contribution in [0.4, 0.5) is 13.2 Å². The van der Waals surface area contributed by atoms with Gasteiger partial charge in [-0.15, -0.1) is 0 Å². The summed E-state index contributed by atoms with van der Waals surface area (Å²) in [4.78, 5) is 20.6. The third kappa shape index (κ3) is 6.73. The topological polar surface area (TPSA) is 34.1 Å². The molecule has 2 nitrogen and oxygen atoms in total. The maximum atomic E-state index is 10.3. The molecule has 0 saturated heterocycles. The van der Waals surface area contributed by atoms with Crippen LogP contribution in [0.15, 0.2) is 24.3 Å². The lowest BCUT2D eigenvalue weighted by Crippen LogP contribution is -1.97. The van der Waals surface area contributed by atoms with Gasteiger partial charge in [0.2, 0.25) is 0 Å². The van der Waals surface area contributed by atoms with Gasteiger partial charge in [-0.2, -0.15) is 13.2 Å². The highest BCUT2D eigenvalue weighted by Gasteiger charge is 1.97. The van der Waals surface area contributed by atoms with Gasteiger partial charge in [0, 0.05) is 0 Å². The zero-order valence-electron chi connectivity index (χ0n) is 5.84. The van der Waals surface area contributed by atoms with Gasteiger partial charge in [0.15, 0.2) is 11.6 Å². The lowest BCUT2D eigenvalue weighted by atomic mass is 10.2. The average Bonchev–Trinajstić information content (AvgIpc) is 1.94. The van der Waals surface area contributed by atoms with Crippen LogP contribution >= 0.6 is 0 Å². The first kappa shape index (κ1) is 10.6. The van der Waals surface area contributed by atoms with E-state index in [1.165, 1.54) is 24.3 Å². The second kappa shape index (κ2) is 5.29. The monoisotopic (exact) mass is 178 g/mol. The number of alkyl halides is 3. The van der Waals surface area contributed by atoms with Gasteiger partial charge in [0.1, 0.15) is 0 Å². The molecule has 0 radical (unpaired) electrons. The quantitative estimate of drug-likeness (QED) is 0.526. The summed E-state index contributed by atoms with van der Waals surface area (Å²) in [7, 11) is 0. The summed E-state index contributed by atoms with van der Waals surface area (Å²) >= 11 is 0. The Morgan fingerprint density at radius 3 is 1.17 bits per heavy atom. The Morgan fingerprint density at radius 2 is 1.00 bits per heavy atom. The van der Waals surface area contributed by atoms with Crippen LogP contribution < -0.4 is 0 Å². The maximum Gasteiger partial charge on any atom is 0.379 e. The van der Waals surface area contributed by atoms with E-state index < -0.39 is 6.68 Å². The summed E-state index contributed by atoms with van der Waals surface area (Å²) in [6.45, 7) is -3.67. The average molecular weight is 178 g/mol. The summed E-state index contributed by atoms with van der Waals surface area (Å²) in [5, 5.41) is 0. The Hall–Kier alpha value is -1.39. The molecule has 0 atom stereocenters. The predicted octanol–water partition coefficient (Wildman–Crippen LogP) is 1.43. The van der Waals surface area contributed by atoms with E-state index in [4.69, 9.17) is 0 Å². The number of allylic oxidation sites excluding steroid dienone is 4. The van der Waals surface area contributed by atoms with Crippen molar-refractivity contribution in [2.24, 2.45) is 0 Å². The number of hydrogen-bond acceptors (Lipinski definition) is 2. The van der Waals surface area contributed by atoms with Crippen molar-refractivity contribution in [1.82, 2.24) is 0 Å². The SMILES string of the molecule is FC(F)F.O=C1C=CC(=O)C=C1. The molecular formula is C7H5F3O2. The summed E-state index contributed by atoms with van der Waals surface area (Å²) in [5.41, 5.74) is 0. The molecule has 0 aromatic carbocycles. The van der Waals surface area contributed by atoms with Gasteiger partial charge in [-0.1, -0.05) is 0 Å². The fraction of sp³-hybridized carbons (Fsp3) is 0.143. The third-order valence-corrected chi connectivity index (χ3v) is 0.824. The first-order valence-electron chi connectivity index (χ1n) is 2.88. The smallest absolute Gasteiger partial charge is 0.290 e. The van der Waals surface area contributed by atoms with E-state index in [9.17, 15) is 22.8 Å². The van der Waals surface area contributed by atoms with Gasteiger partial charge in [0.25, 0.3) is 0 Å². The molecule has 0 aliphatic heterocycles. The van der Waals surface area contributed by atoms with E-state index in [2.05, 4.69) is 0 Å². The van der Waals surface area contributed by atoms with Crippen molar-refractivity contribution in [2.45, 2.75) is 6.68 Å². The molecule has 0 unspecified atom stereocenters. The van der Waals surface area contributed by atoms with Gasteiger partial charge in [-0.25, -0.2) is 0 Å². The molecule has 0 spiro atoms. The standard InChI is InChI=1S/C6H4O2.CHF3/c7-5-1-2-6(8)4-3-5;2-1(3)4/h1-4H;1H. The first-order chi connectivity index (χ1) is 5.52. The first-order valence-corrected chi connectivity index (χ1v) is 2.88. The molecule has 0 fully saturated rings. The molecule has 0 heterocycles. The zero-order chi connectivity index (χ0) is 9.56. The van der Waals surface area contributed by atoms with Crippen LogP contribution in [0.2, 0.25) is 0 Å². The Bertz CT molecular complexity index is 190. The number of halogens is 3. The molecule has 1 aliphatic carbocycles. The molecule has 0 aromatic rings. The lowest BCUT2D eigenvalue weighted by molar-refractivity contribution is -0.113. The normalized spacial score (nSPS) is 14.7. The van der Waals surface area contributed by atoms with Crippen LogP contribution in [0, 0.1) is 0 Å². The largest absolute Gasteiger partial charge is 0.379 e. The zero-order valence-corrected chi connectivity index (χ0v) is 5.84. The molecule has 1 rings (SSSR count). The summed E-state index contributed by atoms with van der Waals surface area (Å²) in [6.07, 6.45) is 5.01. The van der Waals surface area contributed by atoms with Gasteiger partial charge in [-0.3, -0.25) is 9.59 Å². The molecule has 12 heavy (non-hydrogen) atoms. The van der Waals surface area contributed by atoms with Crippen molar-refractivity contribution in [2.75, 3.05) is 0 Å².